The monoisotopic (exact) mass is 312 g/mol. The normalized spacial score (nSPS) is 21.2. The second-order valence-corrected chi connectivity index (χ2v) is 8.84. The molecule has 2 N–H and O–H groups in total. The molecule has 1 aliphatic heterocycles. The van der Waals surface area contributed by atoms with Crippen molar-refractivity contribution in [2.45, 2.75) is 32.6 Å². The number of nitrogens with zero attached hydrogens (tertiary/aromatic N) is 2. The molecule has 1 atom stereocenters. The van der Waals surface area contributed by atoms with Gasteiger partial charge in [-0.1, -0.05) is 20.8 Å². The lowest BCUT2D eigenvalue weighted by Gasteiger charge is -2.19. The molecule has 118 valence electrons. The summed E-state index contributed by atoms with van der Waals surface area (Å²) in [5, 5.41) is 6.29. The van der Waals surface area contributed by atoms with Crippen molar-refractivity contribution in [2.75, 3.05) is 35.7 Å². The minimum absolute atomic E-state index is 0.139. The molecule has 0 radical (unpaired) electrons. The van der Waals surface area contributed by atoms with E-state index in [2.05, 4.69) is 41.4 Å². The van der Waals surface area contributed by atoms with Crippen molar-refractivity contribution in [1.29, 1.82) is 0 Å². The van der Waals surface area contributed by atoms with Gasteiger partial charge in [-0.05, 0) is 12.3 Å². The van der Waals surface area contributed by atoms with Gasteiger partial charge in [-0.2, -0.15) is 0 Å². The van der Waals surface area contributed by atoms with Crippen LogP contribution in [0.5, 0.6) is 0 Å². The van der Waals surface area contributed by atoms with Crippen molar-refractivity contribution in [2.24, 2.45) is 5.92 Å². The maximum absolute atomic E-state index is 11.5. The first-order chi connectivity index (χ1) is 9.69. The van der Waals surface area contributed by atoms with Gasteiger partial charge in [0, 0.05) is 25.1 Å². The van der Waals surface area contributed by atoms with Crippen molar-refractivity contribution >= 4 is 21.5 Å². The highest BCUT2D eigenvalue weighted by Crippen LogP contribution is 2.23. The SMILES string of the molecule is CNc1cc(NCC2CCS(=O)(=O)C2)nc(C(C)(C)C)n1. The highest BCUT2D eigenvalue weighted by molar-refractivity contribution is 7.91. The summed E-state index contributed by atoms with van der Waals surface area (Å²) in [6, 6.07) is 1.85. The third-order valence-corrected chi connectivity index (χ3v) is 5.39. The molecule has 1 unspecified atom stereocenters. The second-order valence-electron chi connectivity index (χ2n) is 6.61. The van der Waals surface area contributed by atoms with Crippen LogP contribution in [0.25, 0.3) is 0 Å². The van der Waals surface area contributed by atoms with Gasteiger partial charge in [0.25, 0.3) is 0 Å². The van der Waals surface area contributed by atoms with E-state index < -0.39 is 9.84 Å². The van der Waals surface area contributed by atoms with Crippen molar-refractivity contribution in [1.82, 2.24) is 9.97 Å². The van der Waals surface area contributed by atoms with E-state index in [0.29, 0.717) is 12.3 Å². The van der Waals surface area contributed by atoms with Crippen molar-refractivity contribution in [3.8, 4) is 0 Å². The summed E-state index contributed by atoms with van der Waals surface area (Å²) in [5.74, 6) is 3.01. The minimum Gasteiger partial charge on any atom is -0.373 e. The zero-order valence-electron chi connectivity index (χ0n) is 13.1. The molecular weight excluding hydrogens is 288 g/mol. The Labute approximate surface area is 126 Å². The van der Waals surface area contributed by atoms with Crippen molar-refractivity contribution in [3.63, 3.8) is 0 Å². The predicted octanol–water partition coefficient (Wildman–Crippen LogP) is 1.66. The number of anilines is 2. The first kappa shape index (κ1) is 16.0. The highest BCUT2D eigenvalue weighted by atomic mass is 32.2. The van der Waals surface area contributed by atoms with Gasteiger partial charge in [0.1, 0.15) is 17.5 Å². The lowest BCUT2D eigenvalue weighted by atomic mass is 9.96. The fraction of sp³-hybridized carbons (Fsp3) is 0.714. The average molecular weight is 312 g/mol. The standard InChI is InChI=1S/C14H24N4O2S/c1-14(2,3)13-17-11(15-4)7-12(18-13)16-8-10-5-6-21(19,20)9-10/h7,10H,5-6,8-9H2,1-4H3,(H2,15,16,17,18). The maximum Gasteiger partial charge on any atom is 0.150 e. The van der Waals surface area contributed by atoms with E-state index in [9.17, 15) is 8.42 Å². The quantitative estimate of drug-likeness (QED) is 0.880. The van der Waals surface area contributed by atoms with Crippen molar-refractivity contribution < 1.29 is 8.42 Å². The molecule has 1 aromatic rings. The Hall–Kier alpha value is -1.37. The largest absolute Gasteiger partial charge is 0.373 e. The van der Waals surface area contributed by atoms with E-state index in [1.54, 1.807) is 0 Å². The van der Waals surface area contributed by atoms with E-state index in [0.717, 1.165) is 23.9 Å². The number of rotatable bonds is 4. The smallest absolute Gasteiger partial charge is 0.150 e. The summed E-state index contributed by atoms with van der Waals surface area (Å²) >= 11 is 0. The number of nitrogens with one attached hydrogen (secondary N) is 2. The summed E-state index contributed by atoms with van der Waals surface area (Å²) in [4.78, 5) is 9.01. The first-order valence-corrected chi connectivity index (χ1v) is 9.03. The van der Waals surface area contributed by atoms with Gasteiger partial charge in [-0.25, -0.2) is 18.4 Å². The van der Waals surface area contributed by atoms with Gasteiger partial charge >= 0.3 is 0 Å². The van der Waals surface area contributed by atoms with E-state index in [1.807, 2.05) is 13.1 Å². The Morgan fingerprint density at radius 3 is 2.48 bits per heavy atom. The summed E-state index contributed by atoms with van der Waals surface area (Å²) in [6.07, 6.45) is 0.728. The van der Waals surface area contributed by atoms with Crippen LogP contribution < -0.4 is 10.6 Å². The van der Waals surface area contributed by atoms with Crippen molar-refractivity contribution in [3.05, 3.63) is 11.9 Å². The average Bonchev–Trinajstić information content (AvgIpc) is 2.74. The highest BCUT2D eigenvalue weighted by Gasteiger charge is 2.27. The van der Waals surface area contributed by atoms with E-state index in [4.69, 9.17) is 0 Å². The molecule has 0 saturated carbocycles. The zero-order chi connectivity index (χ0) is 15.7. The Morgan fingerprint density at radius 2 is 1.95 bits per heavy atom. The fourth-order valence-corrected chi connectivity index (χ4v) is 4.15. The summed E-state index contributed by atoms with van der Waals surface area (Å²) in [7, 11) is -1.01. The molecule has 2 heterocycles. The van der Waals surface area contributed by atoms with E-state index >= 15 is 0 Å². The van der Waals surface area contributed by atoms with Crippen LogP contribution in [0.1, 0.15) is 33.0 Å². The van der Waals surface area contributed by atoms with Crippen LogP contribution in [0, 0.1) is 5.92 Å². The summed E-state index contributed by atoms with van der Waals surface area (Å²) in [5.41, 5.74) is -0.139. The fourth-order valence-electron chi connectivity index (χ4n) is 2.28. The molecular formula is C14H24N4O2S. The number of hydrogen-bond acceptors (Lipinski definition) is 6. The van der Waals surface area contributed by atoms with Crippen LogP contribution in [-0.2, 0) is 15.3 Å². The van der Waals surface area contributed by atoms with Crippen LogP contribution in [-0.4, -0.2) is 43.5 Å². The molecule has 0 aromatic carbocycles. The maximum atomic E-state index is 11.5. The molecule has 6 nitrogen and oxygen atoms in total. The van der Waals surface area contributed by atoms with Crippen LogP contribution in [0.15, 0.2) is 6.07 Å². The minimum atomic E-state index is -2.83. The van der Waals surface area contributed by atoms with Gasteiger partial charge in [0.2, 0.25) is 0 Å². The Morgan fingerprint density at radius 1 is 1.29 bits per heavy atom. The summed E-state index contributed by atoms with van der Waals surface area (Å²) in [6.45, 7) is 6.82. The molecule has 21 heavy (non-hydrogen) atoms. The van der Waals surface area contributed by atoms with Crippen LogP contribution in [0.3, 0.4) is 0 Å². The topological polar surface area (TPSA) is 84.0 Å². The Bertz CT molecular complexity index is 608. The van der Waals surface area contributed by atoms with Gasteiger partial charge < -0.3 is 10.6 Å². The number of sulfone groups is 1. The van der Waals surface area contributed by atoms with E-state index in [1.165, 1.54) is 0 Å². The molecule has 1 fully saturated rings. The lowest BCUT2D eigenvalue weighted by Crippen LogP contribution is -2.20. The first-order valence-electron chi connectivity index (χ1n) is 7.21. The Balaban J connectivity index is 2.09. The van der Waals surface area contributed by atoms with Gasteiger partial charge in [0.15, 0.2) is 9.84 Å². The second kappa shape index (κ2) is 5.79. The van der Waals surface area contributed by atoms with Gasteiger partial charge in [-0.15, -0.1) is 0 Å². The Kier molecular flexibility index (Phi) is 4.41. The predicted molar refractivity (Wildman–Crippen MR) is 85.5 cm³/mol. The lowest BCUT2D eigenvalue weighted by molar-refractivity contribution is 0.546. The van der Waals surface area contributed by atoms with Crippen LogP contribution >= 0.6 is 0 Å². The third kappa shape index (κ3) is 4.30. The van der Waals surface area contributed by atoms with E-state index in [-0.39, 0.29) is 17.1 Å². The number of aromatic nitrogens is 2. The molecule has 0 bridgehead atoms. The van der Waals surface area contributed by atoms with Gasteiger partial charge in [0.05, 0.1) is 11.5 Å². The molecule has 1 aromatic heterocycles. The molecule has 0 spiro atoms. The summed E-state index contributed by atoms with van der Waals surface area (Å²) < 4.78 is 22.9. The zero-order valence-corrected chi connectivity index (χ0v) is 13.9. The molecule has 1 aliphatic rings. The number of hydrogen-bond donors (Lipinski definition) is 2. The molecule has 7 heteroatoms. The van der Waals surface area contributed by atoms with Gasteiger partial charge in [-0.3, -0.25) is 0 Å². The molecule has 0 aliphatic carbocycles. The molecule has 0 amide bonds. The van der Waals surface area contributed by atoms with Crippen LogP contribution in [0.4, 0.5) is 11.6 Å². The molecule has 2 rings (SSSR count). The van der Waals surface area contributed by atoms with Crippen LogP contribution in [0.2, 0.25) is 0 Å². The third-order valence-electron chi connectivity index (χ3n) is 3.55. The molecule has 1 saturated heterocycles.